The van der Waals surface area contributed by atoms with Crippen LogP contribution in [0.5, 0.6) is 0 Å². The van der Waals surface area contributed by atoms with Crippen LogP contribution in [0.15, 0.2) is 0 Å². The Morgan fingerprint density at radius 3 is 1.32 bits per heavy atom. The molecule has 0 bridgehead atoms. The fourth-order valence-electron chi connectivity index (χ4n) is 9.99. The van der Waals surface area contributed by atoms with Gasteiger partial charge in [-0.1, -0.05) is 185 Å². The molecular weight excluding hydrogens is 972 g/mol. The molecule has 0 unspecified atom stereocenters. The summed E-state index contributed by atoms with van der Waals surface area (Å²) in [6.45, 7) is 22.7. The standard InChI is InChI=1S/C55H108O16S.Na/c1-37(2)17-11-19-39(5)21-13-23-41(7)25-15-27-43(9)29-31-65-34-45(66-32-30-44(10)28-16-26-42(8)24-14-22-40(6)20-12-18-38(3)4)35-67-54-52(61)50(59)53(46(33-56)69-54)71-55-51(60)49(58)48(57)47(70-55)36-68-72(62,63)64;/h37-61H,11-36H2,1-10H3,(H,62,63,64);/q;+1/p-1/t39-,40-,41-,42-,43-,44-,45-,46-,47-,48+,49+,50-,51-,52-,53-,54-,55+;/m1./s1. The molecule has 0 radical (unpaired) electrons. The van der Waals surface area contributed by atoms with Crippen LogP contribution in [0.2, 0.25) is 0 Å². The molecule has 17 atom stereocenters. The molecule has 6 N–H and O–H groups in total. The summed E-state index contributed by atoms with van der Waals surface area (Å²) in [4.78, 5) is 0. The Morgan fingerprint density at radius 2 is 0.890 bits per heavy atom. The second kappa shape index (κ2) is 39.7. The van der Waals surface area contributed by atoms with Crippen molar-refractivity contribution in [2.45, 2.75) is 265 Å². The van der Waals surface area contributed by atoms with E-state index in [0.717, 1.165) is 55.3 Å². The molecular formula is C55H107NaO16S. The minimum Gasteiger partial charge on any atom is -0.726 e. The van der Waals surface area contributed by atoms with Gasteiger partial charge in [0.1, 0.15) is 54.9 Å². The molecule has 18 heteroatoms. The third-order valence-electron chi connectivity index (χ3n) is 15.2. The van der Waals surface area contributed by atoms with Gasteiger partial charge in [0.15, 0.2) is 12.6 Å². The minimum atomic E-state index is -5.20. The van der Waals surface area contributed by atoms with Gasteiger partial charge in [-0.05, 0) is 60.2 Å². The van der Waals surface area contributed by atoms with Crippen LogP contribution >= 0.6 is 0 Å². The Balaban J connectivity index is 0.0000266. The first-order valence-corrected chi connectivity index (χ1v) is 29.7. The SMILES string of the molecule is CC(C)CCC[C@@H](C)CCC[C@@H](C)CCC[C@@H](C)CCOC[C@H](CO[C@@H]1O[C@H](CO)[C@@H](O[C@@H]2O[C@H](COS(=O)(=O)[O-])[C@H](O)[C@H](O)[C@H]2O)[C@H](O)[C@H]1O)OCC[C@H](C)CCC[C@H](C)CCC[C@H](C)CCCC(C)C.[Na+]. The second-order valence-corrected chi connectivity index (χ2v) is 24.5. The van der Waals surface area contributed by atoms with E-state index in [-0.39, 0.29) is 42.8 Å². The normalized spacial score (nSPS) is 27.9. The van der Waals surface area contributed by atoms with Crippen molar-refractivity contribution in [2.75, 3.05) is 39.6 Å². The topological polar surface area (TPSA) is 243 Å². The fourth-order valence-corrected chi connectivity index (χ4v) is 10.3. The van der Waals surface area contributed by atoms with E-state index < -0.39 is 91.1 Å². The van der Waals surface area contributed by atoms with Gasteiger partial charge in [0.05, 0.1) is 26.4 Å². The summed E-state index contributed by atoms with van der Waals surface area (Å²) in [5, 5.41) is 64.0. The zero-order valence-corrected chi connectivity index (χ0v) is 50.3. The summed E-state index contributed by atoms with van der Waals surface area (Å²) in [5.41, 5.74) is 0. The van der Waals surface area contributed by atoms with Crippen LogP contribution in [0.4, 0.5) is 0 Å². The summed E-state index contributed by atoms with van der Waals surface area (Å²) in [6.07, 6.45) is 6.96. The van der Waals surface area contributed by atoms with E-state index in [4.69, 9.17) is 28.4 Å². The van der Waals surface area contributed by atoms with E-state index in [2.05, 4.69) is 73.4 Å². The first kappa shape index (κ1) is 71.4. The van der Waals surface area contributed by atoms with Gasteiger partial charge in [-0.2, -0.15) is 0 Å². The van der Waals surface area contributed by atoms with Gasteiger partial charge < -0.3 is 63.6 Å². The summed E-state index contributed by atoms with van der Waals surface area (Å²) < 4.78 is 72.7. The molecule has 0 saturated carbocycles. The zero-order chi connectivity index (χ0) is 53.8. The van der Waals surface area contributed by atoms with Crippen LogP contribution in [-0.4, -0.2) is 151 Å². The maximum atomic E-state index is 11.2. The molecule has 430 valence electrons. The average molecular weight is 1080 g/mol. The minimum absolute atomic E-state index is 0. The van der Waals surface area contributed by atoms with Crippen LogP contribution in [0, 0.1) is 47.3 Å². The van der Waals surface area contributed by atoms with E-state index in [9.17, 15) is 43.6 Å². The van der Waals surface area contributed by atoms with Crippen molar-refractivity contribution in [1.82, 2.24) is 0 Å². The number of ether oxygens (including phenoxy) is 6. The molecule has 2 aliphatic rings. The Bertz CT molecular complexity index is 1450. The zero-order valence-electron chi connectivity index (χ0n) is 47.5. The van der Waals surface area contributed by atoms with E-state index in [1.165, 1.54) is 103 Å². The third-order valence-corrected chi connectivity index (χ3v) is 15.6. The summed E-state index contributed by atoms with van der Waals surface area (Å²) in [7, 11) is -5.20. The maximum Gasteiger partial charge on any atom is 1.00 e. The molecule has 2 rings (SSSR count). The van der Waals surface area contributed by atoms with Crippen molar-refractivity contribution in [3.8, 4) is 0 Å². The quantitative estimate of drug-likeness (QED) is 0.0193. The number of aliphatic hydroxyl groups excluding tert-OH is 6. The molecule has 0 aromatic carbocycles. The van der Waals surface area contributed by atoms with Gasteiger partial charge >= 0.3 is 29.6 Å². The molecule has 2 aliphatic heterocycles. The third kappa shape index (κ3) is 31.7. The average Bonchev–Trinajstić information content (AvgIpc) is 3.30. The van der Waals surface area contributed by atoms with Crippen molar-refractivity contribution < 1.29 is 106 Å². The molecule has 0 aromatic heterocycles. The van der Waals surface area contributed by atoms with Gasteiger partial charge in [0.25, 0.3) is 0 Å². The van der Waals surface area contributed by atoms with Crippen LogP contribution in [0.25, 0.3) is 0 Å². The second-order valence-electron chi connectivity index (χ2n) is 23.5. The van der Waals surface area contributed by atoms with Crippen molar-refractivity contribution in [1.29, 1.82) is 0 Å². The fraction of sp³-hybridized carbons (Fsp3) is 1.00. The molecule has 0 aliphatic carbocycles. The smallest absolute Gasteiger partial charge is 0.726 e. The molecule has 0 spiro atoms. The molecule has 0 aromatic rings. The van der Waals surface area contributed by atoms with Gasteiger partial charge in [-0.3, -0.25) is 4.18 Å². The summed E-state index contributed by atoms with van der Waals surface area (Å²) >= 11 is 0. The van der Waals surface area contributed by atoms with Crippen LogP contribution in [0.1, 0.15) is 198 Å². The molecule has 2 saturated heterocycles. The Labute approximate surface area is 465 Å². The maximum absolute atomic E-state index is 11.2. The Hall–Kier alpha value is 0.390. The Morgan fingerprint density at radius 1 is 0.493 bits per heavy atom. The van der Waals surface area contributed by atoms with Gasteiger partial charge in [-0.15, -0.1) is 0 Å². The van der Waals surface area contributed by atoms with E-state index in [1.54, 1.807) is 0 Å². The van der Waals surface area contributed by atoms with Crippen LogP contribution in [-0.2, 0) is 43.0 Å². The van der Waals surface area contributed by atoms with Gasteiger partial charge in [-0.25, -0.2) is 8.42 Å². The van der Waals surface area contributed by atoms with Crippen molar-refractivity contribution >= 4 is 10.4 Å². The first-order valence-electron chi connectivity index (χ1n) is 28.4. The van der Waals surface area contributed by atoms with Gasteiger partial charge in [0.2, 0.25) is 10.4 Å². The molecule has 2 heterocycles. The molecule has 73 heavy (non-hydrogen) atoms. The molecule has 16 nitrogen and oxygen atoms in total. The summed E-state index contributed by atoms with van der Waals surface area (Å²) in [6, 6.07) is 0. The van der Waals surface area contributed by atoms with Gasteiger partial charge in [0, 0.05) is 13.2 Å². The molecule has 0 amide bonds. The van der Waals surface area contributed by atoms with Crippen LogP contribution in [0.3, 0.4) is 0 Å². The number of hydrogen-bond donors (Lipinski definition) is 6. The van der Waals surface area contributed by atoms with E-state index in [0.29, 0.717) is 31.0 Å². The van der Waals surface area contributed by atoms with E-state index in [1.807, 2.05) is 0 Å². The first-order chi connectivity index (χ1) is 34.0. The predicted octanol–water partition coefficient (Wildman–Crippen LogP) is 5.45. The van der Waals surface area contributed by atoms with Crippen molar-refractivity contribution in [2.24, 2.45) is 47.3 Å². The number of aliphatic hydroxyl groups is 6. The Kier molecular flexibility index (Phi) is 38.8. The molecule has 2 fully saturated rings. The van der Waals surface area contributed by atoms with Crippen molar-refractivity contribution in [3.05, 3.63) is 0 Å². The van der Waals surface area contributed by atoms with Crippen LogP contribution < -0.4 is 29.6 Å². The summed E-state index contributed by atoms with van der Waals surface area (Å²) in [5.74, 6) is 5.55. The monoisotopic (exact) mass is 1080 g/mol. The predicted molar refractivity (Wildman–Crippen MR) is 278 cm³/mol. The number of rotatable bonds is 42. The largest absolute Gasteiger partial charge is 1.00 e. The number of hydrogen-bond acceptors (Lipinski definition) is 16. The van der Waals surface area contributed by atoms with E-state index >= 15 is 0 Å². The van der Waals surface area contributed by atoms with Crippen molar-refractivity contribution in [3.63, 3.8) is 0 Å².